The Bertz CT molecular complexity index is 722. The fourth-order valence-electron chi connectivity index (χ4n) is 2.02. The zero-order chi connectivity index (χ0) is 14.7. The minimum atomic E-state index is -0.292. The molecule has 20 heavy (non-hydrogen) atoms. The Morgan fingerprint density at radius 3 is 2.45 bits per heavy atom. The second kappa shape index (κ2) is 5.62. The van der Waals surface area contributed by atoms with Crippen LogP contribution in [0.4, 0.5) is 0 Å². The maximum atomic E-state index is 12.3. The van der Waals surface area contributed by atoms with E-state index >= 15 is 0 Å². The molecule has 0 bridgehead atoms. The zero-order valence-electron chi connectivity index (χ0n) is 11.8. The summed E-state index contributed by atoms with van der Waals surface area (Å²) in [5.41, 5.74) is 2.27. The van der Waals surface area contributed by atoms with E-state index < -0.39 is 0 Å². The van der Waals surface area contributed by atoms with Gasteiger partial charge in [-0.25, -0.2) is 0 Å². The van der Waals surface area contributed by atoms with Crippen LogP contribution in [0.25, 0.3) is 5.69 Å². The predicted octanol–water partition coefficient (Wildman–Crippen LogP) is 2.72. The molecule has 0 amide bonds. The fraction of sp³-hybridized carbons (Fsp3) is 0.250. The Morgan fingerprint density at radius 2 is 1.90 bits per heavy atom. The van der Waals surface area contributed by atoms with Gasteiger partial charge in [0.05, 0.1) is 6.61 Å². The molecule has 2 aromatic rings. The fourth-order valence-corrected chi connectivity index (χ4v) is 2.02. The summed E-state index contributed by atoms with van der Waals surface area (Å²) < 4.78 is 6.87. The number of aryl methyl sites for hydroxylation is 1. The minimum Gasteiger partial charge on any atom is -0.494 e. The summed E-state index contributed by atoms with van der Waals surface area (Å²) in [5, 5.41) is 9.13. The second-order valence-electron chi connectivity index (χ2n) is 4.53. The summed E-state index contributed by atoms with van der Waals surface area (Å²) in [4.78, 5) is 12.3. The third-order valence-electron chi connectivity index (χ3n) is 3.26. The lowest BCUT2D eigenvalue weighted by molar-refractivity contribution is 0.340. The van der Waals surface area contributed by atoms with Crippen LogP contribution in [0, 0.1) is 25.2 Å². The third-order valence-corrected chi connectivity index (χ3v) is 3.26. The monoisotopic (exact) mass is 268 g/mol. The molecule has 0 fully saturated rings. The van der Waals surface area contributed by atoms with Crippen molar-refractivity contribution >= 4 is 0 Å². The van der Waals surface area contributed by atoms with Crippen LogP contribution in [0.3, 0.4) is 0 Å². The van der Waals surface area contributed by atoms with Crippen molar-refractivity contribution < 1.29 is 4.74 Å². The van der Waals surface area contributed by atoms with Crippen LogP contribution in [0.5, 0.6) is 5.75 Å². The van der Waals surface area contributed by atoms with Crippen LogP contribution in [-0.4, -0.2) is 11.2 Å². The topological polar surface area (TPSA) is 55.0 Å². The van der Waals surface area contributed by atoms with Gasteiger partial charge in [-0.1, -0.05) is 0 Å². The molecular weight excluding hydrogens is 252 g/mol. The van der Waals surface area contributed by atoms with Gasteiger partial charge in [0, 0.05) is 11.9 Å². The summed E-state index contributed by atoms with van der Waals surface area (Å²) in [6.07, 6.45) is 1.76. The van der Waals surface area contributed by atoms with Gasteiger partial charge in [0.1, 0.15) is 17.4 Å². The molecule has 0 saturated heterocycles. The highest BCUT2D eigenvalue weighted by molar-refractivity contribution is 5.44. The number of ether oxygens (including phenoxy) is 1. The van der Waals surface area contributed by atoms with Crippen LogP contribution in [-0.2, 0) is 0 Å². The third kappa shape index (κ3) is 2.43. The number of nitriles is 1. The van der Waals surface area contributed by atoms with Gasteiger partial charge in [0.15, 0.2) is 0 Å². The number of benzene rings is 1. The van der Waals surface area contributed by atoms with Crippen molar-refractivity contribution in [3.8, 4) is 17.5 Å². The zero-order valence-corrected chi connectivity index (χ0v) is 11.8. The van der Waals surface area contributed by atoms with Gasteiger partial charge in [-0.3, -0.25) is 9.36 Å². The number of pyridine rings is 1. The molecule has 4 heteroatoms. The van der Waals surface area contributed by atoms with E-state index in [4.69, 9.17) is 10.00 Å². The average molecular weight is 268 g/mol. The SMILES string of the molecule is CCOc1ccc(-n2cc(C)c(C)c(C#N)c2=O)cc1. The molecule has 1 heterocycles. The first-order valence-corrected chi connectivity index (χ1v) is 6.44. The first-order valence-electron chi connectivity index (χ1n) is 6.44. The lowest BCUT2D eigenvalue weighted by atomic mass is 10.1. The smallest absolute Gasteiger partial charge is 0.273 e. The van der Waals surface area contributed by atoms with Crippen molar-refractivity contribution in [1.82, 2.24) is 4.57 Å². The van der Waals surface area contributed by atoms with Gasteiger partial charge in [-0.05, 0) is 56.2 Å². The van der Waals surface area contributed by atoms with E-state index in [1.807, 2.05) is 44.2 Å². The van der Waals surface area contributed by atoms with E-state index in [9.17, 15) is 4.79 Å². The summed E-state index contributed by atoms with van der Waals surface area (Å²) in [6, 6.07) is 9.23. The highest BCUT2D eigenvalue weighted by Gasteiger charge is 2.11. The molecule has 0 aliphatic rings. The van der Waals surface area contributed by atoms with Crippen molar-refractivity contribution in [1.29, 1.82) is 5.26 Å². The Hall–Kier alpha value is -2.54. The lowest BCUT2D eigenvalue weighted by Gasteiger charge is -2.11. The Labute approximate surface area is 117 Å². The number of hydrogen-bond acceptors (Lipinski definition) is 3. The number of nitrogens with zero attached hydrogens (tertiary/aromatic N) is 2. The first-order chi connectivity index (χ1) is 9.58. The number of rotatable bonds is 3. The van der Waals surface area contributed by atoms with Crippen molar-refractivity contribution in [2.24, 2.45) is 0 Å². The summed E-state index contributed by atoms with van der Waals surface area (Å²) in [6.45, 7) is 6.20. The Kier molecular flexibility index (Phi) is 3.90. The maximum Gasteiger partial charge on any atom is 0.273 e. The van der Waals surface area contributed by atoms with Gasteiger partial charge in [0.2, 0.25) is 0 Å². The molecule has 2 rings (SSSR count). The highest BCUT2D eigenvalue weighted by Crippen LogP contribution is 2.16. The molecule has 1 aromatic heterocycles. The highest BCUT2D eigenvalue weighted by atomic mass is 16.5. The molecule has 0 spiro atoms. The van der Waals surface area contributed by atoms with E-state index in [1.165, 1.54) is 4.57 Å². The molecule has 0 N–H and O–H groups in total. The summed E-state index contributed by atoms with van der Waals surface area (Å²) in [5.74, 6) is 0.758. The molecule has 0 aliphatic heterocycles. The normalized spacial score (nSPS) is 10.1. The molecule has 0 radical (unpaired) electrons. The summed E-state index contributed by atoms with van der Waals surface area (Å²) in [7, 11) is 0. The predicted molar refractivity (Wildman–Crippen MR) is 77.4 cm³/mol. The molecule has 102 valence electrons. The molecule has 0 saturated carbocycles. The van der Waals surface area contributed by atoms with Crippen LogP contribution in [0.15, 0.2) is 35.3 Å². The molecule has 4 nitrogen and oxygen atoms in total. The quantitative estimate of drug-likeness (QED) is 0.860. The second-order valence-corrected chi connectivity index (χ2v) is 4.53. The van der Waals surface area contributed by atoms with E-state index in [0.717, 1.165) is 22.6 Å². The van der Waals surface area contributed by atoms with Crippen LogP contribution < -0.4 is 10.3 Å². The van der Waals surface area contributed by atoms with Gasteiger partial charge in [0.25, 0.3) is 5.56 Å². The van der Waals surface area contributed by atoms with E-state index in [-0.39, 0.29) is 11.1 Å². The first kappa shape index (κ1) is 13.9. The maximum absolute atomic E-state index is 12.3. The lowest BCUT2D eigenvalue weighted by Crippen LogP contribution is -2.22. The van der Waals surface area contributed by atoms with Gasteiger partial charge in [-0.2, -0.15) is 5.26 Å². The number of hydrogen-bond donors (Lipinski definition) is 0. The minimum absolute atomic E-state index is 0.193. The number of aromatic nitrogens is 1. The van der Waals surface area contributed by atoms with Crippen molar-refractivity contribution in [3.63, 3.8) is 0 Å². The Balaban J connectivity index is 2.56. The van der Waals surface area contributed by atoms with E-state index in [2.05, 4.69) is 0 Å². The standard InChI is InChI=1S/C16H16N2O2/c1-4-20-14-7-5-13(6-8-14)18-10-11(2)12(3)15(9-17)16(18)19/h5-8,10H,4H2,1-3H3. The van der Waals surface area contributed by atoms with Gasteiger partial charge in [-0.15, -0.1) is 0 Å². The molecular formula is C16H16N2O2. The van der Waals surface area contributed by atoms with Crippen molar-refractivity contribution in [3.05, 3.63) is 57.5 Å². The Morgan fingerprint density at radius 1 is 1.25 bits per heavy atom. The molecule has 0 unspecified atom stereocenters. The van der Waals surface area contributed by atoms with Crippen LogP contribution in [0.2, 0.25) is 0 Å². The van der Waals surface area contributed by atoms with Crippen molar-refractivity contribution in [2.75, 3.05) is 6.61 Å². The summed E-state index contributed by atoms with van der Waals surface area (Å²) >= 11 is 0. The largest absolute Gasteiger partial charge is 0.494 e. The van der Waals surface area contributed by atoms with Crippen LogP contribution in [0.1, 0.15) is 23.6 Å². The van der Waals surface area contributed by atoms with Gasteiger partial charge >= 0.3 is 0 Å². The van der Waals surface area contributed by atoms with Crippen LogP contribution >= 0.6 is 0 Å². The van der Waals surface area contributed by atoms with Gasteiger partial charge < -0.3 is 4.74 Å². The molecule has 0 atom stereocenters. The van der Waals surface area contributed by atoms with E-state index in [1.54, 1.807) is 13.1 Å². The average Bonchev–Trinajstić information content (AvgIpc) is 2.45. The molecule has 1 aromatic carbocycles. The van der Waals surface area contributed by atoms with Crippen molar-refractivity contribution in [2.45, 2.75) is 20.8 Å². The van der Waals surface area contributed by atoms with E-state index in [0.29, 0.717) is 6.61 Å². The molecule has 0 aliphatic carbocycles.